The van der Waals surface area contributed by atoms with Crippen molar-refractivity contribution >= 4 is 48.4 Å². The zero-order valence-corrected chi connectivity index (χ0v) is 14.3. The molecule has 104 valence electrons. The summed E-state index contributed by atoms with van der Waals surface area (Å²) < 4.78 is 1.80. The Morgan fingerprint density at radius 3 is 2.29 bits per heavy atom. The Hall–Kier alpha value is -1.45. The van der Waals surface area contributed by atoms with Crippen molar-refractivity contribution in [1.29, 1.82) is 0 Å². The first-order chi connectivity index (χ1) is 10.1. The van der Waals surface area contributed by atoms with Crippen molar-refractivity contribution in [2.24, 2.45) is 0 Å². The van der Waals surface area contributed by atoms with E-state index in [1.165, 1.54) is 5.39 Å². The predicted molar refractivity (Wildman–Crippen MR) is 93.8 cm³/mol. The fourth-order valence-corrected chi connectivity index (χ4v) is 3.73. The highest BCUT2D eigenvalue weighted by atomic mass is 79.9. The molecule has 0 unspecified atom stereocenters. The van der Waals surface area contributed by atoms with Gasteiger partial charge in [0.25, 0.3) is 0 Å². The van der Waals surface area contributed by atoms with Crippen LogP contribution in [0.4, 0.5) is 0 Å². The lowest BCUT2D eigenvalue weighted by Crippen LogP contribution is -2.04. The number of hydrogen-bond acceptors (Lipinski definition) is 1. The molecule has 0 saturated carbocycles. The molecule has 0 amide bonds. The van der Waals surface area contributed by atoms with Crippen LogP contribution in [0.1, 0.15) is 15.9 Å². The first-order valence-corrected chi connectivity index (χ1v) is 8.18. The first-order valence-electron chi connectivity index (χ1n) is 6.59. The SMILES string of the molecule is O=C(Cc1cccc2ccccc12)c1cc(Br)cc(Br)c1. The fourth-order valence-electron chi connectivity index (χ4n) is 2.44. The number of hydrogen-bond donors (Lipinski definition) is 0. The highest BCUT2D eigenvalue weighted by Gasteiger charge is 2.10. The summed E-state index contributed by atoms with van der Waals surface area (Å²) in [4.78, 5) is 12.5. The van der Waals surface area contributed by atoms with E-state index >= 15 is 0 Å². The Labute approximate surface area is 140 Å². The Morgan fingerprint density at radius 1 is 0.857 bits per heavy atom. The number of Topliss-reactive ketones (excluding diaryl/α,β-unsaturated/α-hetero) is 1. The highest BCUT2D eigenvalue weighted by Crippen LogP contribution is 2.23. The van der Waals surface area contributed by atoms with E-state index in [0.29, 0.717) is 12.0 Å². The molecule has 1 nitrogen and oxygen atoms in total. The van der Waals surface area contributed by atoms with Gasteiger partial charge in [0, 0.05) is 20.9 Å². The van der Waals surface area contributed by atoms with Crippen molar-refractivity contribution in [1.82, 2.24) is 0 Å². The summed E-state index contributed by atoms with van der Waals surface area (Å²) in [7, 11) is 0. The van der Waals surface area contributed by atoms with Crippen molar-refractivity contribution in [3.8, 4) is 0 Å². The number of ketones is 1. The van der Waals surface area contributed by atoms with E-state index in [-0.39, 0.29) is 5.78 Å². The van der Waals surface area contributed by atoms with Gasteiger partial charge in [-0.15, -0.1) is 0 Å². The standard InChI is InChI=1S/C18H12Br2O/c19-15-8-14(9-16(20)11-15)18(21)10-13-6-3-5-12-4-1-2-7-17(12)13/h1-9,11H,10H2. The van der Waals surface area contributed by atoms with Crippen LogP contribution in [0.15, 0.2) is 69.6 Å². The van der Waals surface area contributed by atoms with Gasteiger partial charge < -0.3 is 0 Å². The van der Waals surface area contributed by atoms with Crippen LogP contribution >= 0.6 is 31.9 Å². The van der Waals surface area contributed by atoms with Gasteiger partial charge in [-0.25, -0.2) is 0 Å². The minimum absolute atomic E-state index is 0.119. The third-order valence-corrected chi connectivity index (χ3v) is 4.33. The van der Waals surface area contributed by atoms with Gasteiger partial charge in [0.05, 0.1) is 0 Å². The lowest BCUT2D eigenvalue weighted by Gasteiger charge is -2.07. The van der Waals surface area contributed by atoms with E-state index < -0.39 is 0 Å². The molecule has 0 radical (unpaired) electrons. The summed E-state index contributed by atoms with van der Waals surface area (Å²) >= 11 is 6.85. The average Bonchev–Trinajstić information content (AvgIpc) is 2.46. The minimum Gasteiger partial charge on any atom is -0.294 e. The first kappa shape index (κ1) is 14.5. The molecule has 0 fully saturated rings. The quantitative estimate of drug-likeness (QED) is 0.505. The molecule has 0 N–H and O–H groups in total. The smallest absolute Gasteiger partial charge is 0.167 e. The highest BCUT2D eigenvalue weighted by molar-refractivity contribution is 9.11. The monoisotopic (exact) mass is 402 g/mol. The van der Waals surface area contributed by atoms with Crippen LogP contribution in [0.3, 0.4) is 0 Å². The number of rotatable bonds is 3. The summed E-state index contributed by atoms with van der Waals surface area (Å²) in [5.74, 6) is 0.119. The molecule has 0 aliphatic carbocycles. The summed E-state index contributed by atoms with van der Waals surface area (Å²) in [6, 6.07) is 19.9. The zero-order chi connectivity index (χ0) is 14.8. The maximum atomic E-state index is 12.5. The second kappa shape index (κ2) is 6.12. The van der Waals surface area contributed by atoms with Crippen molar-refractivity contribution in [3.63, 3.8) is 0 Å². The second-order valence-corrected chi connectivity index (χ2v) is 6.73. The molecular weight excluding hydrogens is 392 g/mol. The number of benzene rings is 3. The molecule has 0 aliphatic heterocycles. The lowest BCUT2D eigenvalue weighted by atomic mass is 9.98. The fraction of sp³-hybridized carbons (Fsp3) is 0.0556. The van der Waals surface area contributed by atoms with Crippen molar-refractivity contribution in [2.75, 3.05) is 0 Å². The minimum atomic E-state index is 0.119. The van der Waals surface area contributed by atoms with Gasteiger partial charge in [0.1, 0.15) is 0 Å². The molecule has 3 aromatic carbocycles. The Balaban J connectivity index is 1.96. The van der Waals surface area contributed by atoms with Gasteiger partial charge in [-0.2, -0.15) is 0 Å². The molecule has 0 saturated heterocycles. The maximum Gasteiger partial charge on any atom is 0.167 e. The van der Waals surface area contributed by atoms with Gasteiger partial charge in [0.2, 0.25) is 0 Å². The van der Waals surface area contributed by atoms with E-state index in [1.807, 2.05) is 42.5 Å². The number of carbonyl (C=O) groups is 1. The van der Waals surface area contributed by atoms with E-state index in [2.05, 4.69) is 50.1 Å². The van der Waals surface area contributed by atoms with Gasteiger partial charge in [-0.1, -0.05) is 74.3 Å². The van der Waals surface area contributed by atoms with E-state index in [1.54, 1.807) is 0 Å². The van der Waals surface area contributed by atoms with E-state index in [9.17, 15) is 4.79 Å². The molecule has 3 rings (SSSR count). The summed E-state index contributed by atoms with van der Waals surface area (Å²) in [6.45, 7) is 0. The normalized spacial score (nSPS) is 10.8. The Kier molecular flexibility index (Phi) is 4.22. The number of fused-ring (bicyclic) bond motifs is 1. The zero-order valence-electron chi connectivity index (χ0n) is 11.1. The summed E-state index contributed by atoms with van der Waals surface area (Å²) in [5.41, 5.74) is 1.78. The third-order valence-electron chi connectivity index (χ3n) is 3.42. The van der Waals surface area contributed by atoms with Gasteiger partial charge >= 0.3 is 0 Å². The number of halogens is 2. The lowest BCUT2D eigenvalue weighted by molar-refractivity contribution is 0.0993. The van der Waals surface area contributed by atoms with Crippen LogP contribution in [-0.4, -0.2) is 5.78 Å². The predicted octanol–water partition coefficient (Wildman–Crippen LogP) is 5.79. The van der Waals surface area contributed by atoms with Crippen LogP contribution < -0.4 is 0 Å². The van der Waals surface area contributed by atoms with Crippen molar-refractivity contribution < 1.29 is 4.79 Å². The summed E-state index contributed by atoms with van der Waals surface area (Å²) in [6.07, 6.45) is 0.407. The molecule has 0 heterocycles. The van der Waals surface area contributed by atoms with E-state index in [4.69, 9.17) is 0 Å². The van der Waals surface area contributed by atoms with Crippen molar-refractivity contribution in [2.45, 2.75) is 6.42 Å². The molecule has 3 heteroatoms. The summed E-state index contributed by atoms with van der Waals surface area (Å²) in [5, 5.41) is 2.31. The van der Waals surface area contributed by atoms with Crippen LogP contribution in [0, 0.1) is 0 Å². The van der Waals surface area contributed by atoms with Gasteiger partial charge in [-0.05, 0) is 34.5 Å². The van der Waals surface area contributed by atoms with E-state index in [0.717, 1.165) is 19.9 Å². The van der Waals surface area contributed by atoms with Crippen LogP contribution in [0.25, 0.3) is 10.8 Å². The van der Waals surface area contributed by atoms with Crippen LogP contribution in [0.5, 0.6) is 0 Å². The topological polar surface area (TPSA) is 17.1 Å². The van der Waals surface area contributed by atoms with Crippen molar-refractivity contribution in [3.05, 3.63) is 80.7 Å². The Bertz CT molecular complexity index is 799. The van der Waals surface area contributed by atoms with Gasteiger partial charge in [0.15, 0.2) is 5.78 Å². The average molecular weight is 404 g/mol. The largest absolute Gasteiger partial charge is 0.294 e. The van der Waals surface area contributed by atoms with Crippen LogP contribution in [-0.2, 0) is 6.42 Å². The molecule has 0 spiro atoms. The molecule has 3 aromatic rings. The molecule has 0 bridgehead atoms. The molecule has 0 aliphatic rings. The molecule has 0 atom stereocenters. The van der Waals surface area contributed by atoms with Crippen LogP contribution in [0.2, 0.25) is 0 Å². The molecule has 21 heavy (non-hydrogen) atoms. The second-order valence-electron chi connectivity index (χ2n) is 4.90. The molecular formula is C18H12Br2O. The third kappa shape index (κ3) is 3.25. The van der Waals surface area contributed by atoms with Gasteiger partial charge in [-0.3, -0.25) is 4.79 Å². The Morgan fingerprint density at radius 2 is 1.52 bits per heavy atom. The molecule has 0 aromatic heterocycles. The maximum absolute atomic E-state index is 12.5. The number of carbonyl (C=O) groups excluding carboxylic acids is 1.